The van der Waals surface area contributed by atoms with E-state index in [9.17, 15) is 17.6 Å². The molecule has 0 amide bonds. The summed E-state index contributed by atoms with van der Waals surface area (Å²) < 4.78 is 68.5. The zero-order valence-corrected chi connectivity index (χ0v) is 15.3. The normalized spacial score (nSPS) is 29.8. The first-order chi connectivity index (χ1) is 12.3. The fraction of sp³-hybridized carbons (Fsp3) is 0.700. The number of fused-ring (bicyclic) bond motifs is 3. The Kier molecular flexibility index (Phi) is 5.26. The van der Waals surface area contributed by atoms with Crippen molar-refractivity contribution in [3.05, 3.63) is 29.3 Å². The van der Waals surface area contributed by atoms with Crippen LogP contribution in [0.1, 0.15) is 64.4 Å². The first-order valence-electron chi connectivity index (χ1n) is 9.39. The van der Waals surface area contributed by atoms with E-state index in [1.54, 1.807) is 6.92 Å². The van der Waals surface area contributed by atoms with Gasteiger partial charge in [0.05, 0.1) is 18.8 Å². The Morgan fingerprint density at radius 3 is 2.27 bits per heavy atom. The molecule has 2 bridgehead atoms. The summed E-state index contributed by atoms with van der Waals surface area (Å²) in [6.45, 7) is 3.62. The van der Waals surface area contributed by atoms with E-state index in [0.717, 1.165) is 6.42 Å². The minimum Gasteiger partial charge on any atom is -0.491 e. The van der Waals surface area contributed by atoms with E-state index >= 15 is 0 Å². The zero-order chi connectivity index (χ0) is 19.0. The average Bonchev–Trinajstić information content (AvgIpc) is 2.60. The molecule has 0 N–H and O–H groups in total. The van der Waals surface area contributed by atoms with Crippen molar-refractivity contribution >= 4 is 0 Å². The Balaban J connectivity index is 1.72. The monoisotopic (exact) mass is 374 g/mol. The Labute approximate surface area is 151 Å². The van der Waals surface area contributed by atoms with Gasteiger partial charge in [-0.3, -0.25) is 0 Å². The lowest BCUT2D eigenvalue weighted by molar-refractivity contribution is -0.262. The van der Waals surface area contributed by atoms with Gasteiger partial charge in [0.15, 0.2) is 11.6 Å². The molecule has 0 aliphatic heterocycles. The van der Waals surface area contributed by atoms with Crippen LogP contribution in [-0.4, -0.2) is 18.1 Å². The molecule has 0 aromatic heterocycles. The molecule has 3 aliphatic rings. The third kappa shape index (κ3) is 3.21. The summed E-state index contributed by atoms with van der Waals surface area (Å²) in [5.41, 5.74) is -1.83. The maximum absolute atomic E-state index is 14.8. The van der Waals surface area contributed by atoms with Crippen molar-refractivity contribution in [3.8, 4) is 5.75 Å². The standard InChI is InChI=1S/C20H26F4O2/c1-3-7-18-8-10-19(11-9-18,13-20(18,23)24)26-12-14-5-6-15(25-4-2)17(22)16(14)21/h5-6H,3-4,7-13H2,1-2H3. The van der Waals surface area contributed by atoms with Crippen molar-refractivity contribution in [2.45, 2.75) is 76.9 Å². The summed E-state index contributed by atoms with van der Waals surface area (Å²) in [7, 11) is 0. The van der Waals surface area contributed by atoms with E-state index in [-0.39, 0.29) is 30.9 Å². The van der Waals surface area contributed by atoms with Gasteiger partial charge < -0.3 is 9.47 Å². The molecule has 26 heavy (non-hydrogen) atoms. The molecule has 1 aromatic carbocycles. The number of rotatable bonds is 7. The molecule has 0 radical (unpaired) electrons. The second kappa shape index (κ2) is 7.02. The maximum Gasteiger partial charge on any atom is 0.256 e. The summed E-state index contributed by atoms with van der Waals surface area (Å²) in [6, 6.07) is 2.74. The van der Waals surface area contributed by atoms with Crippen LogP contribution in [0.2, 0.25) is 0 Å². The lowest BCUT2D eigenvalue weighted by Crippen LogP contribution is -2.59. The van der Waals surface area contributed by atoms with Gasteiger partial charge in [0.25, 0.3) is 5.92 Å². The first kappa shape index (κ1) is 19.5. The van der Waals surface area contributed by atoms with E-state index in [1.807, 2.05) is 6.92 Å². The van der Waals surface area contributed by atoms with E-state index in [1.165, 1.54) is 12.1 Å². The second-order valence-electron chi connectivity index (χ2n) is 7.67. The number of hydrogen-bond donors (Lipinski definition) is 0. The molecule has 3 aliphatic carbocycles. The zero-order valence-electron chi connectivity index (χ0n) is 15.3. The second-order valence-corrected chi connectivity index (χ2v) is 7.67. The van der Waals surface area contributed by atoms with Crippen molar-refractivity contribution < 1.29 is 27.0 Å². The predicted molar refractivity (Wildman–Crippen MR) is 90.4 cm³/mol. The van der Waals surface area contributed by atoms with Crippen molar-refractivity contribution in [2.24, 2.45) is 5.41 Å². The summed E-state index contributed by atoms with van der Waals surface area (Å²) in [4.78, 5) is 0. The minimum atomic E-state index is -2.78. The Hall–Kier alpha value is -1.30. The summed E-state index contributed by atoms with van der Waals surface area (Å²) >= 11 is 0. The average molecular weight is 374 g/mol. The summed E-state index contributed by atoms with van der Waals surface area (Å²) in [6.07, 6.45) is 2.87. The van der Waals surface area contributed by atoms with Crippen LogP contribution in [0, 0.1) is 17.0 Å². The minimum absolute atomic E-state index is 0.0274. The molecule has 0 saturated heterocycles. The Bertz CT molecular complexity index is 651. The van der Waals surface area contributed by atoms with Crippen LogP contribution in [0.3, 0.4) is 0 Å². The highest BCUT2D eigenvalue weighted by atomic mass is 19.3. The van der Waals surface area contributed by atoms with Gasteiger partial charge in [-0.15, -0.1) is 0 Å². The van der Waals surface area contributed by atoms with Crippen LogP contribution in [-0.2, 0) is 11.3 Å². The van der Waals surface area contributed by atoms with Gasteiger partial charge in [0, 0.05) is 17.4 Å². The van der Waals surface area contributed by atoms with Crippen molar-refractivity contribution in [2.75, 3.05) is 6.61 Å². The highest BCUT2D eigenvalue weighted by molar-refractivity contribution is 5.31. The van der Waals surface area contributed by atoms with Crippen molar-refractivity contribution in [3.63, 3.8) is 0 Å². The molecule has 0 unspecified atom stereocenters. The number of halogens is 4. The van der Waals surface area contributed by atoms with Gasteiger partial charge >= 0.3 is 0 Å². The van der Waals surface area contributed by atoms with Crippen LogP contribution in [0.5, 0.6) is 5.75 Å². The SMILES string of the molecule is CCCC12CCC(OCc3ccc(OCC)c(F)c3F)(CC1)CC2(F)F. The van der Waals surface area contributed by atoms with E-state index in [2.05, 4.69) is 0 Å². The molecule has 146 valence electrons. The molecule has 0 heterocycles. The van der Waals surface area contributed by atoms with Crippen LogP contribution in [0.15, 0.2) is 12.1 Å². The third-order valence-corrected chi connectivity index (χ3v) is 6.13. The smallest absolute Gasteiger partial charge is 0.256 e. The topological polar surface area (TPSA) is 18.5 Å². The molecule has 6 heteroatoms. The van der Waals surface area contributed by atoms with Gasteiger partial charge in [-0.1, -0.05) is 13.3 Å². The number of hydrogen-bond acceptors (Lipinski definition) is 2. The van der Waals surface area contributed by atoms with E-state index in [4.69, 9.17) is 9.47 Å². The number of alkyl halides is 2. The molecular weight excluding hydrogens is 348 g/mol. The molecule has 3 saturated carbocycles. The van der Waals surface area contributed by atoms with Gasteiger partial charge in [-0.05, 0) is 51.2 Å². The summed E-state index contributed by atoms with van der Waals surface area (Å²) in [5.74, 6) is -5.03. The van der Waals surface area contributed by atoms with Crippen LogP contribution < -0.4 is 4.74 Å². The Morgan fingerprint density at radius 2 is 1.69 bits per heavy atom. The highest BCUT2D eigenvalue weighted by Crippen LogP contribution is 2.63. The molecule has 1 aromatic rings. The lowest BCUT2D eigenvalue weighted by atomic mass is 9.55. The molecule has 0 spiro atoms. The fourth-order valence-electron chi connectivity index (χ4n) is 4.61. The molecule has 4 rings (SSSR count). The molecule has 0 atom stereocenters. The summed E-state index contributed by atoms with van der Waals surface area (Å²) in [5, 5.41) is 0. The number of benzene rings is 1. The van der Waals surface area contributed by atoms with Crippen LogP contribution in [0.4, 0.5) is 17.6 Å². The van der Waals surface area contributed by atoms with Gasteiger partial charge in [0.1, 0.15) is 0 Å². The predicted octanol–water partition coefficient (Wildman–Crippen LogP) is 6.02. The third-order valence-electron chi connectivity index (χ3n) is 6.13. The first-order valence-corrected chi connectivity index (χ1v) is 9.39. The largest absolute Gasteiger partial charge is 0.491 e. The fourth-order valence-corrected chi connectivity index (χ4v) is 4.61. The van der Waals surface area contributed by atoms with Crippen molar-refractivity contribution in [1.29, 1.82) is 0 Å². The molecule has 2 nitrogen and oxygen atoms in total. The quantitative estimate of drug-likeness (QED) is 0.544. The molecule has 3 fully saturated rings. The van der Waals surface area contributed by atoms with E-state index < -0.39 is 28.6 Å². The number of ether oxygens (including phenoxy) is 2. The molecular formula is C20H26F4O2. The lowest BCUT2D eigenvalue weighted by Gasteiger charge is -2.57. The van der Waals surface area contributed by atoms with Crippen LogP contribution >= 0.6 is 0 Å². The Morgan fingerprint density at radius 1 is 1.00 bits per heavy atom. The van der Waals surface area contributed by atoms with Gasteiger partial charge in [-0.25, -0.2) is 13.2 Å². The van der Waals surface area contributed by atoms with Gasteiger partial charge in [0.2, 0.25) is 5.82 Å². The van der Waals surface area contributed by atoms with Crippen molar-refractivity contribution in [1.82, 2.24) is 0 Å². The maximum atomic E-state index is 14.8. The van der Waals surface area contributed by atoms with Gasteiger partial charge in [-0.2, -0.15) is 4.39 Å². The van der Waals surface area contributed by atoms with Crippen LogP contribution in [0.25, 0.3) is 0 Å². The van der Waals surface area contributed by atoms with E-state index in [0.29, 0.717) is 32.1 Å². The highest BCUT2D eigenvalue weighted by Gasteiger charge is 2.64.